The predicted molar refractivity (Wildman–Crippen MR) is 82.2 cm³/mol. The summed E-state index contributed by atoms with van der Waals surface area (Å²) in [5.74, 6) is 0. The van der Waals surface area contributed by atoms with Crippen LogP contribution in [0, 0.1) is 6.92 Å². The maximum absolute atomic E-state index is 6.71. The van der Waals surface area contributed by atoms with Gasteiger partial charge in [-0.2, -0.15) is 0 Å². The minimum Gasteiger partial charge on any atom is -0.322 e. The Labute approximate surface area is 118 Å². The molecule has 2 rings (SSSR count). The summed E-state index contributed by atoms with van der Waals surface area (Å²) in [6.45, 7) is 8.85. The number of rotatable bonds is 5. The molecule has 0 amide bonds. The minimum atomic E-state index is 0.134. The molecular formula is C17H28N2. The largest absolute Gasteiger partial charge is 0.322 e. The van der Waals surface area contributed by atoms with Crippen molar-refractivity contribution in [1.29, 1.82) is 0 Å². The van der Waals surface area contributed by atoms with E-state index in [-0.39, 0.29) is 11.6 Å². The zero-order chi connectivity index (χ0) is 13.9. The maximum Gasteiger partial charge on any atom is 0.0482 e. The number of nitrogens with two attached hydrogens (primary N) is 1. The molecule has 0 spiro atoms. The first-order chi connectivity index (χ1) is 9.14. The molecule has 1 fully saturated rings. The highest BCUT2D eigenvalue weighted by molar-refractivity contribution is 5.28. The second-order valence-electron chi connectivity index (χ2n) is 5.87. The van der Waals surface area contributed by atoms with Crippen molar-refractivity contribution in [2.24, 2.45) is 5.73 Å². The van der Waals surface area contributed by atoms with Crippen molar-refractivity contribution >= 4 is 0 Å². The van der Waals surface area contributed by atoms with E-state index in [0.717, 1.165) is 13.1 Å². The Hall–Kier alpha value is -0.860. The summed E-state index contributed by atoms with van der Waals surface area (Å²) in [4.78, 5) is 2.59. The molecule has 1 aliphatic rings. The number of nitrogens with zero attached hydrogens (tertiary/aromatic N) is 1. The Bertz CT molecular complexity index is 403. The molecule has 0 heterocycles. The number of likely N-dealkylation sites (N-methyl/N-ethyl adjacent to an activating group) is 1. The lowest BCUT2D eigenvalue weighted by Crippen LogP contribution is -2.53. The summed E-state index contributed by atoms with van der Waals surface area (Å²) in [7, 11) is 0. The predicted octanol–water partition coefficient (Wildman–Crippen LogP) is 3.65. The van der Waals surface area contributed by atoms with Crippen LogP contribution >= 0.6 is 0 Å². The van der Waals surface area contributed by atoms with Crippen molar-refractivity contribution < 1.29 is 0 Å². The maximum atomic E-state index is 6.71. The Morgan fingerprint density at radius 1 is 1.21 bits per heavy atom. The fourth-order valence-corrected chi connectivity index (χ4v) is 3.84. The molecule has 0 aromatic heterocycles. The van der Waals surface area contributed by atoms with Crippen molar-refractivity contribution in [1.82, 2.24) is 4.90 Å². The molecule has 19 heavy (non-hydrogen) atoms. The van der Waals surface area contributed by atoms with Crippen molar-refractivity contribution in [3.63, 3.8) is 0 Å². The first kappa shape index (κ1) is 14.5. The van der Waals surface area contributed by atoms with Gasteiger partial charge in [-0.3, -0.25) is 4.90 Å². The molecule has 0 radical (unpaired) electrons. The average molecular weight is 260 g/mol. The fraction of sp³-hybridized carbons (Fsp3) is 0.647. The third-order valence-electron chi connectivity index (χ3n) is 4.84. The van der Waals surface area contributed by atoms with Gasteiger partial charge in [0.25, 0.3) is 0 Å². The number of aryl methyl sites for hydroxylation is 1. The summed E-state index contributed by atoms with van der Waals surface area (Å²) < 4.78 is 0. The van der Waals surface area contributed by atoms with E-state index in [2.05, 4.69) is 49.9 Å². The number of hydrogen-bond acceptors (Lipinski definition) is 2. The van der Waals surface area contributed by atoms with E-state index in [4.69, 9.17) is 5.73 Å². The van der Waals surface area contributed by atoms with Crippen LogP contribution in [0.1, 0.15) is 56.7 Å². The minimum absolute atomic E-state index is 0.134. The van der Waals surface area contributed by atoms with Crippen LogP contribution in [0.3, 0.4) is 0 Å². The highest BCUT2D eigenvalue weighted by Crippen LogP contribution is 2.43. The lowest BCUT2D eigenvalue weighted by molar-refractivity contribution is 0.0770. The Morgan fingerprint density at radius 3 is 2.37 bits per heavy atom. The van der Waals surface area contributed by atoms with Gasteiger partial charge < -0.3 is 5.73 Å². The average Bonchev–Trinajstić information content (AvgIpc) is 2.90. The topological polar surface area (TPSA) is 29.3 Å². The van der Waals surface area contributed by atoms with Crippen LogP contribution in [0.2, 0.25) is 0 Å². The lowest BCUT2D eigenvalue weighted by Gasteiger charge is -2.45. The van der Waals surface area contributed by atoms with Gasteiger partial charge >= 0.3 is 0 Å². The summed E-state index contributed by atoms with van der Waals surface area (Å²) in [5.41, 5.74) is 9.50. The highest BCUT2D eigenvalue weighted by atomic mass is 15.2. The van der Waals surface area contributed by atoms with E-state index in [1.165, 1.54) is 36.8 Å². The van der Waals surface area contributed by atoms with Crippen LogP contribution in [-0.4, -0.2) is 23.5 Å². The Kier molecular flexibility index (Phi) is 4.64. The van der Waals surface area contributed by atoms with Crippen LogP contribution in [-0.2, 0) is 0 Å². The molecule has 2 heteroatoms. The molecule has 2 nitrogen and oxygen atoms in total. The fourth-order valence-electron chi connectivity index (χ4n) is 3.84. The molecule has 106 valence electrons. The van der Waals surface area contributed by atoms with Gasteiger partial charge in [0.2, 0.25) is 0 Å². The molecule has 1 atom stereocenters. The summed E-state index contributed by atoms with van der Waals surface area (Å²) >= 11 is 0. The molecule has 0 bridgehead atoms. The summed E-state index contributed by atoms with van der Waals surface area (Å²) in [6.07, 6.45) is 5.11. The second-order valence-corrected chi connectivity index (χ2v) is 5.87. The zero-order valence-corrected chi connectivity index (χ0v) is 12.7. The SMILES string of the molecule is CCN(CC)C1(C(N)c2cccc(C)c2)CCCC1. The van der Waals surface area contributed by atoms with Crippen molar-refractivity contribution in [3.8, 4) is 0 Å². The summed E-state index contributed by atoms with van der Waals surface area (Å²) in [6, 6.07) is 8.87. The first-order valence-electron chi connectivity index (χ1n) is 7.71. The van der Waals surface area contributed by atoms with E-state index in [9.17, 15) is 0 Å². The van der Waals surface area contributed by atoms with E-state index in [0.29, 0.717) is 0 Å². The molecule has 1 aliphatic carbocycles. The van der Waals surface area contributed by atoms with Crippen LogP contribution in [0.4, 0.5) is 0 Å². The third kappa shape index (κ3) is 2.70. The van der Waals surface area contributed by atoms with E-state index in [1.54, 1.807) is 0 Å². The van der Waals surface area contributed by atoms with E-state index < -0.39 is 0 Å². The normalized spacial score (nSPS) is 19.8. The summed E-state index contributed by atoms with van der Waals surface area (Å²) in [5, 5.41) is 0. The number of benzene rings is 1. The Morgan fingerprint density at radius 2 is 1.84 bits per heavy atom. The molecule has 1 unspecified atom stereocenters. The molecule has 1 saturated carbocycles. The zero-order valence-electron chi connectivity index (χ0n) is 12.7. The van der Waals surface area contributed by atoms with Gasteiger partial charge in [-0.1, -0.05) is 56.5 Å². The Balaban J connectivity index is 2.33. The molecule has 1 aromatic carbocycles. The van der Waals surface area contributed by atoms with Gasteiger partial charge in [-0.05, 0) is 38.4 Å². The van der Waals surface area contributed by atoms with Gasteiger partial charge in [0, 0.05) is 11.6 Å². The molecule has 0 saturated heterocycles. The van der Waals surface area contributed by atoms with Gasteiger partial charge in [0.15, 0.2) is 0 Å². The van der Waals surface area contributed by atoms with Crippen molar-refractivity contribution in [2.75, 3.05) is 13.1 Å². The molecule has 1 aromatic rings. The third-order valence-corrected chi connectivity index (χ3v) is 4.84. The first-order valence-corrected chi connectivity index (χ1v) is 7.71. The van der Waals surface area contributed by atoms with Gasteiger partial charge in [-0.15, -0.1) is 0 Å². The van der Waals surface area contributed by atoms with Gasteiger partial charge in [0.05, 0.1) is 0 Å². The highest BCUT2D eigenvalue weighted by Gasteiger charge is 2.43. The van der Waals surface area contributed by atoms with E-state index in [1.807, 2.05) is 0 Å². The van der Waals surface area contributed by atoms with Gasteiger partial charge in [0.1, 0.15) is 0 Å². The van der Waals surface area contributed by atoms with Crippen molar-refractivity contribution in [2.45, 2.75) is 58.0 Å². The van der Waals surface area contributed by atoms with Crippen LogP contribution in [0.5, 0.6) is 0 Å². The van der Waals surface area contributed by atoms with Gasteiger partial charge in [-0.25, -0.2) is 0 Å². The van der Waals surface area contributed by atoms with Crippen LogP contribution in [0.25, 0.3) is 0 Å². The quantitative estimate of drug-likeness (QED) is 0.875. The molecule has 2 N–H and O–H groups in total. The standard InChI is InChI=1S/C17H28N2/c1-4-19(5-2)17(11-6-7-12-17)16(18)15-10-8-9-14(3)13-15/h8-10,13,16H,4-7,11-12,18H2,1-3H3. The molecule has 0 aliphatic heterocycles. The monoisotopic (exact) mass is 260 g/mol. The number of hydrogen-bond donors (Lipinski definition) is 1. The molecular weight excluding hydrogens is 232 g/mol. The van der Waals surface area contributed by atoms with Crippen molar-refractivity contribution in [3.05, 3.63) is 35.4 Å². The van der Waals surface area contributed by atoms with Crippen LogP contribution in [0.15, 0.2) is 24.3 Å². The lowest BCUT2D eigenvalue weighted by atomic mass is 9.82. The van der Waals surface area contributed by atoms with E-state index >= 15 is 0 Å². The second kappa shape index (κ2) is 6.06. The van der Waals surface area contributed by atoms with Crippen LogP contribution < -0.4 is 5.73 Å². The smallest absolute Gasteiger partial charge is 0.0482 e.